The van der Waals surface area contributed by atoms with Crippen molar-refractivity contribution in [1.82, 2.24) is 0 Å². The Morgan fingerprint density at radius 1 is 1.00 bits per heavy atom. The highest BCUT2D eigenvalue weighted by atomic mass is 16.5. The highest BCUT2D eigenvalue weighted by molar-refractivity contribution is 6.08. The van der Waals surface area contributed by atoms with Crippen molar-refractivity contribution in [2.24, 2.45) is 17.8 Å². The van der Waals surface area contributed by atoms with Crippen LogP contribution in [-0.4, -0.2) is 36.9 Å². The summed E-state index contributed by atoms with van der Waals surface area (Å²) in [4.78, 5) is 37.0. The molecule has 3 rings (SSSR count). The summed E-state index contributed by atoms with van der Waals surface area (Å²) in [6, 6.07) is 9.06. The zero-order valence-corrected chi connectivity index (χ0v) is 16.2. The minimum atomic E-state index is -1.05. The SMILES string of the molecule is COc1cc(C(=O)C2CCC(C(C)=O)CC2C(=O)O)c(OC)c2ccccc12. The first-order valence-electron chi connectivity index (χ1n) is 9.30. The summed E-state index contributed by atoms with van der Waals surface area (Å²) in [6.07, 6.45) is 1.06. The number of rotatable bonds is 6. The molecule has 0 amide bonds. The smallest absolute Gasteiger partial charge is 0.307 e. The second kappa shape index (κ2) is 8.00. The minimum absolute atomic E-state index is 0.0258. The van der Waals surface area contributed by atoms with Crippen molar-refractivity contribution in [2.45, 2.75) is 26.2 Å². The van der Waals surface area contributed by atoms with E-state index in [1.807, 2.05) is 24.3 Å². The lowest BCUT2D eigenvalue weighted by Crippen LogP contribution is -2.37. The van der Waals surface area contributed by atoms with Crippen molar-refractivity contribution in [3.63, 3.8) is 0 Å². The zero-order valence-electron chi connectivity index (χ0n) is 16.2. The molecule has 0 spiro atoms. The molecule has 1 aliphatic rings. The van der Waals surface area contributed by atoms with Crippen LogP contribution in [0.15, 0.2) is 30.3 Å². The molecule has 0 aromatic heterocycles. The Hall–Kier alpha value is -2.89. The monoisotopic (exact) mass is 384 g/mol. The van der Waals surface area contributed by atoms with Crippen LogP contribution >= 0.6 is 0 Å². The maximum Gasteiger partial charge on any atom is 0.307 e. The third kappa shape index (κ3) is 3.46. The molecule has 1 saturated carbocycles. The summed E-state index contributed by atoms with van der Waals surface area (Å²) < 4.78 is 11.0. The molecule has 1 fully saturated rings. The Balaban J connectivity index is 2.07. The summed E-state index contributed by atoms with van der Waals surface area (Å²) in [6.45, 7) is 1.48. The van der Waals surface area contributed by atoms with Gasteiger partial charge in [0.1, 0.15) is 17.3 Å². The number of carboxylic acids is 1. The van der Waals surface area contributed by atoms with Gasteiger partial charge in [0, 0.05) is 22.6 Å². The molecule has 0 aliphatic heterocycles. The summed E-state index contributed by atoms with van der Waals surface area (Å²) >= 11 is 0. The van der Waals surface area contributed by atoms with Gasteiger partial charge < -0.3 is 14.6 Å². The Bertz CT molecular complexity index is 932. The number of hydrogen-bond acceptors (Lipinski definition) is 5. The van der Waals surface area contributed by atoms with E-state index in [4.69, 9.17) is 9.47 Å². The number of carbonyl (C=O) groups excluding carboxylic acids is 2. The van der Waals surface area contributed by atoms with Crippen LogP contribution in [-0.2, 0) is 9.59 Å². The van der Waals surface area contributed by atoms with E-state index < -0.39 is 17.8 Å². The van der Waals surface area contributed by atoms with E-state index in [1.165, 1.54) is 21.1 Å². The van der Waals surface area contributed by atoms with Crippen LogP contribution in [0.3, 0.4) is 0 Å². The third-order valence-electron chi connectivity index (χ3n) is 5.73. The maximum atomic E-state index is 13.4. The lowest BCUT2D eigenvalue weighted by molar-refractivity contribution is -0.145. The van der Waals surface area contributed by atoms with Crippen LogP contribution in [0.2, 0.25) is 0 Å². The molecule has 0 bridgehead atoms. The Morgan fingerprint density at radius 3 is 2.25 bits per heavy atom. The van der Waals surface area contributed by atoms with Crippen molar-refractivity contribution in [3.05, 3.63) is 35.9 Å². The standard InChI is InChI=1S/C22H24O6/c1-12(23)13-8-9-15(17(10-13)22(25)26)20(24)18-11-19(27-2)14-6-4-5-7-16(14)21(18)28-3/h4-7,11,13,15,17H,8-10H2,1-3H3,(H,25,26). The van der Waals surface area contributed by atoms with Crippen LogP contribution < -0.4 is 9.47 Å². The van der Waals surface area contributed by atoms with Crippen molar-refractivity contribution >= 4 is 28.3 Å². The van der Waals surface area contributed by atoms with Gasteiger partial charge in [-0.3, -0.25) is 14.4 Å². The third-order valence-corrected chi connectivity index (χ3v) is 5.73. The van der Waals surface area contributed by atoms with Crippen LogP contribution in [0.25, 0.3) is 10.8 Å². The van der Waals surface area contributed by atoms with Crippen molar-refractivity contribution in [1.29, 1.82) is 0 Å². The highest BCUT2D eigenvalue weighted by Crippen LogP contribution is 2.42. The predicted octanol–water partition coefficient (Wildman–Crippen LogP) is 3.75. The second-order valence-electron chi connectivity index (χ2n) is 7.24. The Labute approximate surface area is 163 Å². The fourth-order valence-corrected chi connectivity index (χ4v) is 4.21. The van der Waals surface area contributed by atoms with Gasteiger partial charge in [-0.2, -0.15) is 0 Å². The summed E-state index contributed by atoms with van der Waals surface area (Å²) in [5, 5.41) is 11.2. The lowest BCUT2D eigenvalue weighted by atomic mass is 9.70. The van der Waals surface area contributed by atoms with Gasteiger partial charge in [-0.05, 0) is 32.3 Å². The van der Waals surface area contributed by atoms with Crippen molar-refractivity contribution in [3.8, 4) is 11.5 Å². The molecule has 0 saturated heterocycles. The van der Waals surface area contributed by atoms with Crippen LogP contribution in [0.4, 0.5) is 0 Å². The van der Waals surface area contributed by atoms with Gasteiger partial charge in [0.15, 0.2) is 5.78 Å². The number of ether oxygens (including phenoxy) is 2. The normalized spacial score (nSPS) is 21.9. The number of fused-ring (bicyclic) bond motifs is 1. The summed E-state index contributed by atoms with van der Waals surface area (Å²) in [5.74, 6) is -2.31. The highest BCUT2D eigenvalue weighted by Gasteiger charge is 2.41. The van der Waals surface area contributed by atoms with E-state index in [2.05, 4.69) is 0 Å². The molecular weight excluding hydrogens is 360 g/mol. The number of hydrogen-bond donors (Lipinski definition) is 1. The molecule has 1 aliphatic carbocycles. The fourth-order valence-electron chi connectivity index (χ4n) is 4.21. The average molecular weight is 384 g/mol. The molecule has 1 N–H and O–H groups in total. The molecule has 2 aromatic carbocycles. The number of carbonyl (C=O) groups is 3. The Kier molecular flexibility index (Phi) is 5.68. The summed E-state index contributed by atoms with van der Waals surface area (Å²) in [7, 11) is 3.02. The first kappa shape index (κ1) is 19.9. The van der Waals surface area contributed by atoms with Gasteiger partial charge in [0.2, 0.25) is 0 Å². The van der Waals surface area contributed by atoms with E-state index in [1.54, 1.807) is 6.07 Å². The Morgan fingerprint density at radius 2 is 1.68 bits per heavy atom. The van der Waals surface area contributed by atoms with E-state index in [0.29, 0.717) is 29.9 Å². The van der Waals surface area contributed by atoms with E-state index in [-0.39, 0.29) is 23.9 Å². The van der Waals surface area contributed by atoms with Gasteiger partial charge in [-0.25, -0.2) is 0 Å². The largest absolute Gasteiger partial charge is 0.496 e. The number of carboxylic acid groups (broad SMARTS) is 1. The molecule has 0 radical (unpaired) electrons. The lowest BCUT2D eigenvalue weighted by Gasteiger charge is -2.32. The van der Waals surface area contributed by atoms with Crippen LogP contribution in [0.5, 0.6) is 11.5 Å². The molecule has 0 heterocycles. The molecule has 6 nitrogen and oxygen atoms in total. The number of aliphatic carboxylic acids is 1. The van der Waals surface area contributed by atoms with Crippen molar-refractivity contribution in [2.75, 3.05) is 14.2 Å². The minimum Gasteiger partial charge on any atom is -0.496 e. The second-order valence-corrected chi connectivity index (χ2v) is 7.24. The number of Topliss-reactive ketones (excluding diaryl/α,β-unsaturated/α-hetero) is 2. The number of benzene rings is 2. The van der Waals surface area contributed by atoms with Gasteiger partial charge in [-0.15, -0.1) is 0 Å². The van der Waals surface area contributed by atoms with E-state index in [9.17, 15) is 19.5 Å². The predicted molar refractivity (Wildman–Crippen MR) is 104 cm³/mol. The van der Waals surface area contributed by atoms with Gasteiger partial charge in [0.25, 0.3) is 0 Å². The first-order chi connectivity index (χ1) is 13.4. The molecule has 2 aromatic rings. The fraction of sp³-hybridized carbons (Fsp3) is 0.409. The zero-order chi connectivity index (χ0) is 20.4. The van der Waals surface area contributed by atoms with Gasteiger partial charge >= 0.3 is 5.97 Å². The topological polar surface area (TPSA) is 89.9 Å². The van der Waals surface area contributed by atoms with Gasteiger partial charge in [-0.1, -0.05) is 24.3 Å². The number of methoxy groups -OCH3 is 2. The number of ketones is 2. The molecular formula is C22H24O6. The molecule has 3 unspecified atom stereocenters. The van der Waals surface area contributed by atoms with E-state index in [0.717, 1.165) is 10.8 Å². The average Bonchev–Trinajstić information content (AvgIpc) is 2.71. The van der Waals surface area contributed by atoms with E-state index >= 15 is 0 Å². The van der Waals surface area contributed by atoms with Crippen LogP contribution in [0.1, 0.15) is 36.5 Å². The van der Waals surface area contributed by atoms with Gasteiger partial charge in [0.05, 0.1) is 25.7 Å². The first-order valence-corrected chi connectivity index (χ1v) is 9.30. The molecule has 28 heavy (non-hydrogen) atoms. The van der Waals surface area contributed by atoms with Crippen molar-refractivity contribution < 1.29 is 29.0 Å². The molecule has 6 heteroatoms. The van der Waals surface area contributed by atoms with Crippen LogP contribution in [0, 0.1) is 17.8 Å². The quantitative estimate of drug-likeness (QED) is 0.763. The maximum absolute atomic E-state index is 13.4. The molecule has 148 valence electrons. The molecule has 3 atom stereocenters. The summed E-state index contributed by atoms with van der Waals surface area (Å²) in [5.41, 5.74) is 0.315.